The van der Waals surface area contributed by atoms with Crippen molar-refractivity contribution in [3.05, 3.63) is 79.0 Å². The van der Waals surface area contributed by atoms with E-state index in [0.29, 0.717) is 0 Å². The Morgan fingerprint density at radius 2 is 1.65 bits per heavy atom. The Bertz CT molecular complexity index is 1420. The van der Waals surface area contributed by atoms with Crippen molar-refractivity contribution in [1.29, 1.82) is 0 Å². The Hall–Kier alpha value is -3.17. The van der Waals surface area contributed by atoms with Crippen molar-refractivity contribution in [3.63, 3.8) is 0 Å². The number of hydrogen-bond donors (Lipinski definition) is 1. The van der Waals surface area contributed by atoms with Crippen LogP contribution in [0.15, 0.2) is 79.0 Å². The first-order valence-electron chi connectivity index (χ1n) is 8.65. The van der Waals surface area contributed by atoms with Gasteiger partial charge in [-0.1, -0.05) is 36.4 Å². The maximum atomic E-state index is 4.49. The molecule has 0 saturated carbocycles. The van der Waals surface area contributed by atoms with E-state index in [1.165, 1.54) is 42.0 Å². The van der Waals surface area contributed by atoms with Gasteiger partial charge < -0.3 is 4.98 Å². The molecule has 0 fully saturated rings. The number of nitrogens with zero attached hydrogens (tertiary/aromatic N) is 1. The van der Waals surface area contributed by atoms with Crippen LogP contribution in [0.4, 0.5) is 0 Å². The van der Waals surface area contributed by atoms with Crippen LogP contribution in [-0.2, 0) is 0 Å². The van der Waals surface area contributed by atoms with E-state index in [0.717, 1.165) is 11.3 Å². The molecular formula is C23H14N2S. The fourth-order valence-corrected chi connectivity index (χ4v) is 4.99. The molecule has 3 aromatic carbocycles. The normalized spacial score (nSPS) is 11.8. The van der Waals surface area contributed by atoms with Crippen LogP contribution in [0.5, 0.6) is 0 Å². The topological polar surface area (TPSA) is 28.7 Å². The van der Waals surface area contributed by atoms with Gasteiger partial charge in [0.15, 0.2) is 0 Å². The quantitative estimate of drug-likeness (QED) is 0.349. The lowest BCUT2D eigenvalue weighted by Gasteiger charge is -2.00. The molecule has 0 radical (unpaired) electrons. The lowest BCUT2D eigenvalue weighted by atomic mass is 10.0. The predicted molar refractivity (Wildman–Crippen MR) is 112 cm³/mol. The minimum atomic E-state index is 1.01. The molecule has 0 amide bonds. The summed E-state index contributed by atoms with van der Waals surface area (Å²) in [4.78, 5) is 8.16. The summed E-state index contributed by atoms with van der Waals surface area (Å²) in [6.45, 7) is 0. The first-order chi connectivity index (χ1) is 12.9. The highest BCUT2D eigenvalue weighted by molar-refractivity contribution is 7.26. The largest absolute Gasteiger partial charge is 0.354 e. The molecule has 0 spiro atoms. The molecule has 1 N–H and O–H groups in total. The Kier molecular flexibility index (Phi) is 2.79. The zero-order valence-electron chi connectivity index (χ0n) is 13.9. The molecule has 3 heteroatoms. The minimum absolute atomic E-state index is 1.01. The SMILES string of the molecule is c1ccc(-c2ccc3[nH]c4c(ccc5sc6ccccc6c54)c3c2)nc1. The van der Waals surface area contributed by atoms with Crippen LogP contribution in [0.3, 0.4) is 0 Å². The summed E-state index contributed by atoms with van der Waals surface area (Å²) >= 11 is 1.86. The number of aromatic nitrogens is 2. The Balaban J connectivity index is 1.73. The summed E-state index contributed by atoms with van der Waals surface area (Å²) in [5.74, 6) is 0. The van der Waals surface area contributed by atoms with Crippen molar-refractivity contribution in [2.24, 2.45) is 0 Å². The van der Waals surface area contributed by atoms with Crippen molar-refractivity contribution in [1.82, 2.24) is 9.97 Å². The summed E-state index contributed by atoms with van der Waals surface area (Å²) in [6, 6.07) is 25.7. The highest BCUT2D eigenvalue weighted by Gasteiger charge is 2.13. The summed E-state index contributed by atoms with van der Waals surface area (Å²) < 4.78 is 2.66. The van der Waals surface area contributed by atoms with Gasteiger partial charge in [-0.25, -0.2) is 0 Å². The van der Waals surface area contributed by atoms with Crippen LogP contribution in [0.25, 0.3) is 53.2 Å². The number of fused-ring (bicyclic) bond motifs is 7. The molecular weight excluding hydrogens is 336 g/mol. The lowest BCUT2D eigenvalue weighted by Crippen LogP contribution is -1.81. The van der Waals surface area contributed by atoms with E-state index in [2.05, 4.69) is 70.6 Å². The van der Waals surface area contributed by atoms with Crippen LogP contribution in [0.2, 0.25) is 0 Å². The van der Waals surface area contributed by atoms with E-state index in [4.69, 9.17) is 0 Å². The number of H-pyrrole nitrogens is 1. The molecule has 3 heterocycles. The summed E-state index contributed by atoms with van der Waals surface area (Å²) in [6.07, 6.45) is 1.84. The lowest BCUT2D eigenvalue weighted by molar-refractivity contribution is 1.33. The maximum Gasteiger partial charge on any atom is 0.0702 e. The standard InChI is InChI=1S/C23H14N2S/c1-2-7-20-16(5-1)22-21(26-20)11-9-15-17-13-14(18-6-3-4-12-24-18)8-10-19(17)25-23(15)22/h1-13,25H. The number of rotatable bonds is 1. The molecule has 0 unspecified atom stereocenters. The van der Waals surface area contributed by atoms with Crippen LogP contribution < -0.4 is 0 Å². The number of nitrogens with one attached hydrogen (secondary N) is 1. The number of benzene rings is 3. The van der Waals surface area contributed by atoms with Gasteiger partial charge in [0.1, 0.15) is 0 Å². The second-order valence-electron chi connectivity index (χ2n) is 6.56. The fraction of sp³-hybridized carbons (Fsp3) is 0. The summed E-state index contributed by atoms with van der Waals surface area (Å²) in [7, 11) is 0. The second-order valence-corrected chi connectivity index (χ2v) is 7.64. The van der Waals surface area contributed by atoms with E-state index >= 15 is 0 Å². The summed E-state index contributed by atoms with van der Waals surface area (Å²) in [5, 5.41) is 5.18. The average molecular weight is 350 g/mol. The number of hydrogen-bond acceptors (Lipinski definition) is 2. The van der Waals surface area contributed by atoms with Crippen LogP contribution in [0.1, 0.15) is 0 Å². The minimum Gasteiger partial charge on any atom is -0.354 e. The average Bonchev–Trinajstić information content (AvgIpc) is 3.26. The molecule has 0 bridgehead atoms. The smallest absolute Gasteiger partial charge is 0.0702 e. The number of pyridine rings is 1. The van der Waals surface area contributed by atoms with E-state index in [-0.39, 0.29) is 0 Å². The highest BCUT2D eigenvalue weighted by Crippen LogP contribution is 2.40. The predicted octanol–water partition coefficient (Wildman–Crippen LogP) is 6.75. The van der Waals surface area contributed by atoms with Gasteiger partial charge in [0, 0.05) is 48.2 Å². The fourth-order valence-electron chi connectivity index (χ4n) is 3.87. The van der Waals surface area contributed by atoms with Crippen LogP contribution in [-0.4, -0.2) is 9.97 Å². The van der Waals surface area contributed by atoms with Gasteiger partial charge in [-0.05, 0) is 36.4 Å². The van der Waals surface area contributed by atoms with Gasteiger partial charge in [-0.2, -0.15) is 0 Å². The molecule has 6 aromatic rings. The van der Waals surface area contributed by atoms with Crippen molar-refractivity contribution in [2.75, 3.05) is 0 Å². The van der Waals surface area contributed by atoms with E-state index in [9.17, 15) is 0 Å². The van der Waals surface area contributed by atoms with Gasteiger partial charge in [0.2, 0.25) is 0 Å². The molecule has 0 saturated heterocycles. The van der Waals surface area contributed by atoms with Gasteiger partial charge in [0.25, 0.3) is 0 Å². The van der Waals surface area contributed by atoms with Gasteiger partial charge in [0.05, 0.1) is 11.2 Å². The van der Waals surface area contributed by atoms with Crippen LogP contribution in [0, 0.1) is 0 Å². The van der Waals surface area contributed by atoms with Crippen LogP contribution >= 0.6 is 11.3 Å². The number of aromatic amines is 1. The zero-order valence-corrected chi connectivity index (χ0v) is 14.7. The molecule has 122 valence electrons. The van der Waals surface area contributed by atoms with E-state index in [1.54, 1.807) is 0 Å². The molecule has 26 heavy (non-hydrogen) atoms. The first kappa shape index (κ1) is 14.0. The number of thiophene rings is 1. The zero-order chi connectivity index (χ0) is 17.1. The molecule has 2 nitrogen and oxygen atoms in total. The van der Waals surface area contributed by atoms with Crippen molar-refractivity contribution in [2.45, 2.75) is 0 Å². The van der Waals surface area contributed by atoms with Gasteiger partial charge in [-0.3, -0.25) is 4.98 Å². The van der Waals surface area contributed by atoms with Gasteiger partial charge in [-0.15, -0.1) is 11.3 Å². The molecule has 3 aromatic heterocycles. The molecule has 6 rings (SSSR count). The Labute approximate surface area is 153 Å². The monoisotopic (exact) mass is 350 g/mol. The third kappa shape index (κ3) is 1.89. The molecule has 0 aliphatic heterocycles. The van der Waals surface area contributed by atoms with E-state index < -0.39 is 0 Å². The van der Waals surface area contributed by atoms with E-state index in [1.807, 2.05) is 29.7 Å². The first-order valence-corrected chi connectivity index (χ1v) is 9.47. The highest BCUT2D eigenvalue weighted by atomic mass is 32.1. The second kappa shape index (κ2) is 5.16. The Morgan fingerprint density at radius 1 is 0.731 bits per heavy atom. The molecule has 0 atom stereocenters. The summed E-state index contributed by atoms with van der Waals surface area (Å²) in [5.41, 5.74) is 4.55. The van der Waals surface area contributed by atoms with Crippen molar-refractivity contribution in [3.8, 4) is 11.3 Å². The third-order valence-electron chi connectivity index (χ3n) is 5.07. The molecule has 0 aliphatic carbocycles. The maximum absolute atomic E-state index is 4.49. The Morgan fingerprint density at radius 3 is 2.58 bits per heavy atom. The van der Waals surface area contributed by atoms with Crippen molar-refractivity contribution < 1.29 is 0 Å². The molecule has 0 aliphatic rings. The van der Waals surface area contributed by atoms with Crippen molar-refractivity contribution >= 4 is 53.3 Å². The third-order valence-corrected chi connectivity index (χ3v) is 6.21. The van der Waals surface area contributed by atoms with Gasteiger partial charge >= 0.3 is 0 Å².